The summed E-state index contributed by atoms with van der Waals surface area (Å²) < 4.78 is 5.40. The van der Waals surface area contributed by atoms with E-state index in [4.69, 9.17) is 4.74 Å². The van der Waals surface area contributed by atoms with Crippen molar-refractivity contribution in [3.63, 3.8) is 0 Å². The minimum Gasteiger partial charge on any atom is -0.460 e. The summed E-state index contributed by atoms with van der Waals surface area (Å²) in [6.45, 7) is 11.8. The van der Waals surface area contributed by atoms with Crippen molar-refractivity contribution in [3.8, 4) is 0 Å². The number of carbonyl (C=O) groups excluding carboxylic acids is 1. The van der Waals surface area contributed by atoms with Crippen LogP contribution in [0.3, 0.4) is 0 Å². The second kappa shape index (κ2) is 5.55. The average molecular weight is 248 g/mol. The van der Waals surface area contributed by atoms with Gasteiger partial charge in [0.25, 0.3) is 0 Å². The second-order valence-corrected chi connectivity index (χ2v) is 6.07. The van der Waals surface area contributed by atoms with E-state index in [1.165, 1.54) is 16.7 Å². The molecule has 0 unspecified atom stereocenters. The largest absolute Gasteiger partial charge is 0.460 e. The standard InChI is InChI=1S/C16H24O2/c1-11-7-8-12(2)14(9-11)10-13(3)15(17)18-16(4,5)6/h7-9,13H,10H2,1-6H3/t13-/m0/s1. The maximum atomic E-state index is 11.9. The van der Waals surface area contributed by atoms with Gasteiger partial charge in [0.1, 0.15) is 5.60 Å². The minimum atomic E-state index is -0.410. The predicted octanol–water partition coefficient (Wildman–Crippen LogP) is 3.82. The topological polar surface area (TPSA) is 26.3 Å². The van der Waals surface area contributed by atoms with Gasteiger partial charge in [-0.25, -0.2) is 0 Å². The van der Waals surface area contributed by atoms with Crippen LogP contribution in [-0.4, -0.2) is 11.6 Å². The van der Waals surface area contributed by atoms with Crippen molar-refractivity contribution in [2.24, 2.45) is 5.92 Å². The van der Waals surface area contributed by atoms with Crippen molar-refractivity contribution in [1.82, 2.24) is 0 Å². The Balaban J connectivity index is 2.72. The molecule has 0 spiro atoms. The maximum Gasteiger partial charge on any atom is 0.309 e. The van der Waals surface area contributed by atoms with E-state index in [1.807, 2.05) is 27.7 Å². The number of esters is 1. The normalized spacial score (nSPS) is 13.2. The Labute approximate surface area is 110 Å². The number of rotatable bonds is 3. The summed E-state index contributed by atoms with van der Waals surface area (Å²) in [6, 6.07) is 6.35. The van der Waals surface area contributed by atoms with Crippen LogP contribution in [0, 0.1) is 19.8 Å². The molecule has 0 fully saturated rings. The quantitative estimate of drug-likeness (QED) is 0.760. The Kier molecular flexibility index (Phi) is 4.55. The summed E-state index contributed by atoms with van der Waals surface area (Å²) in [5, 5.41) is 0. The highest BCUT2D eigenvalue weighted by Crippen LogP contribution is 2.18. The zero-order valence-electron chi connectivity index (χ0n) is 12.3. The molecule has 0 radical (unpaired) electrons. The maximum absolute atomic E-state index is 11.9. The SMILES string of the molecule is Cc1ccc(C)c(C[C@H](C)C(=O)OC(C)(C)C)c1. The van der Waals surface area contributed by atoms with Crippen LogP contribution in [0.25, 0.3) is 0 Å². The van der Waals surface area contributed by atoms with Gasteiger partial charge in [-0.05, 0) is 52.2 Å². The summed E-state index contributed by atoms with van der Waals surface area (Å²) in [4.78, 5) is 11.9. The van der Waals surface area contributed by atoms with E-state index >= 15 is 0 Å². The van der Waals surface area contributed by atoms with Crippen LogP contribution >= 0.6 is 0 Å². The lowest BCUT2D eigenvalue weighted by atomic mass is 9.96. The van der Waals surface area contributed by atoms with E-state index < -0.39 is 5.60 Å². The summed E-state index contributed by atoms with van der Waals surface area (Å²) in [7, 11) is 0. The third-order valence-electron chi connectivity index (χ3n) is 2.84. The van der Waals surface area contributed by atoms with E-state index in [0.717, 1.165) is 6.42 Å². The summed E-state index contributed by atoms with van der Waals surface area (Å²) in [5.41, 5.74) is 3.28. The first-order valence-corrected chi connectivity index (χ1v) is 6.48. The molecule has 1 aromatic carbocycles. The molecular weight excluding hydrogens is 224 g/mol. The Morgan fingerprint density at radius 1 is 1.28 bits per heavy atom. The highest BCUT2D eigenvalue weighted by Gasteiger charge is 2.22. The molecule has 0 heterocycles. The Morgan fingerprint density at radius 2 is 1.89 bits per heavy atom. The van der Waals surface area contributed by atoms with Gasteiger partial charge in [0.2, 0.25) is 0 Å². The zero-order valence-corrected chi connectivity index (χ0v) is 12.3. The molecule has 0 N–H and O–H groups in total. The lowest BCUT2D eigenvalue weighted by molar-refractivity contribution is -0.159. The second-order valence-electron chi connectivity index (χ2n) is 6.07. The first-order chi connectivity index (χ1) is 8.19. The third kappa shape index (κ3) is 4.52. The number of ether oxygens (including phenoxy) is 1. The summed E-state index contributed by atoms with van der Waals surface area (Å²) >= 11 is 0. The molecule has 0 aliphatic carbocycles. The fourth-order valence-corrected chi connectivity index (χ4v) is 1.84. The molecule has 0 saturated heterocycles. The van der Waals surface area contributed by atoms with Crippen LogP contribution in [0.2, 0.25) is 0 Å². The fraction of sp³-hybridized carbons (Fsp3) is 0.562. The van der Waals surface area contributed by atoms with Crippen LogP contribution < -0.4 is 0 Å². The molecule has 2 nitrogen and oxygen atoms in total. The molecule has 0 amide bonds. The van der Waals surface area contributed by atoms with Crippen LogP contribution in [0.15, 0.2) is 18.2 Å². The molecule has 100 valence electrons. The van der Waals surface area contributed by atoms with Gasteiger partial charge in [-0.2, -0.15) is 0 Å². The van der Waals surface area contributed by atoms with Gasteiger partial charge < -0.3 is 4.74 Å². The lowest BCUT2D eigenvalue weighted by Crippen LogP contribution is -2.28. The number of hydrogen-bond donors (Lipinski definition) is 0. The van der Waals surface area contributed by atoms with Gasteiger partial charge in [-0.1, -0.05) is 30.7 Å². The number of aryl methyl sites for hydroxylation is 2. The van der Waals surface area contributed by atoms with Gasteiger partial charge >= 0.3 is 5.97 Å². The zero-order chi connectivity index (χ0) is 13.9. The van der Waals surface area contributed by atoms with Crippen molar-refractivity contribution < 1.29 is 9.53 Å². The Morgan fingerprint density at radius 3 is 2.44 bits per heavy atom. The first-order valence-electron chi connectivity index (χ1n) is 6.48. The van der Waals surface area contributed by atoms with Gasteiger partial charge in [0.15, 0.2) is 0 Å². The first kappa shape index (κ1) is 14.7. The van der Waals surface area contributed by atoms with Gasteiger partial charge in [0, 0.05) is 0 Å². The Bertz CT molecular complexity index is 427. The molecule has 1 aromatic rings. The smallest absolute Gasteiger partial charge is 0.309 e. The molecule has 0 bridgehead atoms. The van der Waals surface area contributed by atoms with E-state index in [1.54, 1.807) is 0 Å². The molecular formula is C16H24O2. The molecule has 2 heteroatoms. The highest BCUT2D eigenvalue weighted by atomic mass is 16.6. The minimum absolute atomic E-state index is 0.107. The van der Waals surface area contributed by atoms with Crippen LogP contribution in [-0.2, 0) is 16.0 Å². The van der Waals surface area contributed by atoms with E-state index in [2.05, 4.69) is 32.0 Å². The third-order valence-corrected chi connectivity index (χ3v) is 2.84. The van der Waals surface area contributed by atoms with E-state index in [9.17, 15) is 4.79 Å². The molecule has 0 aliphatic rings. The van der Waals surface area contributed by atoms with Crippen molar-refractivity contribution in [2.75, 3.05) is 0 Å². The van der Waals surface area contributed by atoms with Crippen molar-refractivity contribution in [1.29, 1.82) is 0 Å². The Hall–Kier alpha value is -1.31. The molecule has 0 aliphatic heterocycles. The summed E-state index contributed by atoms with van der Waals surface area (Å²) in [6.07, 6.45) is 0.739. The lowest BCUT2D eigenvalue weighted by Gasteiger charge is -2.22. The summed E-state index contributed by atoms with van der Waals surface area (Å²) in [5.74, 6) is -0.229. The number of benzene rings is 1. The van der Waals surface area contributed by atoms with Crippen LogP contribution in [0.1, 0.15) is 44.4 Å². The van der Waals surface area contributed by atoms with Crippen molar-refractivity contribution >= 4 is 5.97 Å². The molecule has 0 aromatic heterocycles. The molecule has 0 saturated carbocycles. The average Bonchev–Trinajstić information content (AvgIpc) is 2.21. The van der Waals surface area contributed by atoms with Gasteiger partial charge in [-0.3, -0.25) is 4.79 Å². The van der Waals surface area contributed by atoms with E-state index in [0.29, 0.717) is 0 Å². The predicted molar refractivity (Wildman–Crippen MR) is 74.6 cm³/mol. The van der Waals surface area contributed by atoms with Gasteiger partial charge in [-0.15, -0.1) is 0 Å². The number of hydrogen-bond acceptors (Lipinski definition) is 2. The van der Waals surface area contributed by atoms with Crippen LogP contribution in [0.4, 0.5) is 0 Å². The highest BCUT2D eigenvalue weighted by molar-refractivity contribution is 5.72. The van der Waals surface area contributed by atoms with Crippen molar-refractivity contribution in [3.05, 3.63) is 34.9 Å². The molecule has 1 rings (SSSR count). The van der Waals surface area contributed by atoms with Crippen molar-refractivity contribution in [2.45, 2.75) is 53.6 Å². The molecule has 1 atom stereocenters. The van der Waals surface area contributed by atoms with Crippen LogP contribution in [0.5, 0.6) is 0 Å². The fourth-order valence-electron chi connectivity index (χ4n) is 1.84. The number of carbonyl (C=O) groups is 1. The van der Waals surface area contributed by atoms with Gasteiger partial charge in [0.05, 0.1) is 5.92 Å². The monoisotopic (exact) mass is 248 g/mol. The molecule has 18 heavy (non-hydrogen) atoms. The van der Waals surface area contributed by atoms with E-state index in [-0.39, 0.29) is 11.9 Å².